The van der Waals surface area contributed by atoms with E-state index < -0.39 is 11.1 Å². The fourth-order valence-electron chi connectivity index (χ4n) is 10.5. The Bertz CT molecular complexity index is 1780. The molecule has 0 bridgehead atoms. The molecule has 292 valence electrons. The Kier molecular flexibility index (Phi) is 11.1. The molecular weight excluding hydrogens is 675 g/mol. The van der Waals surface area contributed by atoms with Crippen LogP contribution in [0, 0.1) is 10.8 Å². The number of guanidine groups is 1. The van der Waals surface area contributed by atoms with Gasteiger partial charge >= 0.3 is 0 Å². The monoisotopic (exact) mass is 737 g/mol. The lowest BCUT2D eigenvalue weighted by Gasteiger charge is -2.45. The summed E-state index contributed by atoms with van der Waals surface area (Å²) in [5.74, 6) is 1.26. The van der Waals surface area contributed by atoms with Gasteiger partial charge in [-0.25, -0.2) is 4.99 Å². The second kappa shape index (κ2) is 14.5. The van der Waals surface area contributed by atoms with Crippen LogP contribution < -0.4 is 5.73 Å². The van der Waals surface area contributed by atoms with Crippen molar-refractivity contribution < 1.29 is 19.1 Å². The molecule has 54 heavy (non-hydrogen) atoms. The fraction of sp³-hybridized carbons (Fsp3) is 0.556. The van der Waals surface area contributed by atoms with Crippen molar-refractivity contribution in [1.29, 1.82) is 0 Å². The van der Waals surface area contributed by atoms with Crippen molar-refractivity contribution in [2.45, 2.75) is 123 Å². The second-order valence-corrected chi connectivity index (χ2v) is 16.4. The Morgan fingerprint density at radius 2 is 1.11 bits per heavy atom. The maximum Gasteiger partial charge on any atom is 0.262 e. The molecule has 2 heterocycles. The number of aliphatic imine (C=N–C) groups is 2. The zero-order valence-electron chi connectivity index (χ0n) is 32.1. The summed E-state index contributed by atoms with van der Waals surface area (Å²) in [5.41, 5.74) is 12.9. The van der Waals surface area contributed by atoms with Crippen LogP contribution in [0.25, 0.3) is 11.1 Å². The van der Waals surface area contributed by atoms with Gasteiger partial charge in [0.1, 0.15) is 5.84 Å². The van der Waals surface area contributed by atoms with E-state index in [1.165, 1.54) is 16.0 Å². The number of carbonyl (C=O) groups is 2. The van der Waals surface area contributed by atoms with E-state index in [1.54, 1.807) is 26.2 Å². The van der Waals surface area contributed by atoms with Gasteiger partial charge in [0.2, 0.25) is 0 Å². The molecule has 2 amide bonds. The van der Waals surface area contributed by atoms with E-state index in [9.17, 15) is 9.59 Å². The standard InChI is InChI=1S/C22H28N2O2.C21H27N3O2.2CH4/c1-14(2)16-6-7-17-13-21(10-8-18(26-5)9-11-21)22(19(17)12-16)20(25)24(4)15(3)23-22;1-13(2)14-5-6-15-12-20(9-7-16(26-4)8-10-20)21(17(15)11-14)18(25)24(3)19(22)23-21;;/h6-7,12,18H,1,8-11,13H2,2-5H3;5-6,11,16H,1,7-10,12H2,2-4H3,(H2,22,23);2*1H4. The summed E-state index contributed by atoms with van der Waals surface area (Å²) in [4.78, 5) is 40.2. The fourth-order valence-corrected chi connectivity index (χ4v) is 10.5. The van der Waals surface area contributed by atoms with Gasteiger partial charge in [0.15, 0.2) is 17.0 Å². The number of nitrogens with two attached hydrogens (primary N) is 1. The molecule has 0 aromatic heterocycles. The van der Waals surface area contributed by atoms with Crippen molar-refractivity contribution in [2.24, 2.45) is 26.5 Å². The van der Waals surface area contributed by atoms with Crippen LogP contribution >= 0.6 is 0 Å². The van der Waals surface area contributed by atoms with Gasteiger partial charge in [-0.05, 0) is 130 Å². The first-order valence-electron chi connectivity index (χ1n) is 18.8. The smallest absolute Gasteiger partial charge is 0.262 e. The maximum atomic E-state index is 13.6. The second-order valence-electron chi connectivity index (χ2n) is 16.4. The first-order chi connectivity index (χ1) is 24.7. The molecule has 2 aromatic carbocycles. The number of ether oxygens (including phenoxy) is 2. The van der Waals surface area contributed by atoms with Gasteiger partial charge in [-0.15, -0.1) is 0 Å². The predicted molar refractivity (Wildman–Crippen MR) is 220 cm³/mol. The minimum Gasteiger partial charge on any atom is -0.381 e. The number of carbonyl (C=O) groups excluding carboxylic acids is 2. The van der Waals surface area contributed by atoms with E-state index >= 15 is 0 Å². The Morgan fingerprint density at radius 1 is 0.722 bits per heavy atom. The molecule has 2 fully saturated rings. The number of nitrogens with zero attached hydrogens (tertiary/aromatic N) is 4. The number of allylic oxidation sites excluding steroid dienone is 2. The Morgan fingerprint density at radius 3 is 1.43 bits per heavy atom. The van der Waals surface area contributed by atoms with Crippen LogP contribution in [0.2, 0.25) is 0 Å². The highest BCUT2D eigenvalue weighted by molar-refractivity contribution is 6.09. The lowest BCUT2D eigenvalue weighted by atomic mass is 9.61. The first kappa shape index (κ1) is 41.1. The highest BCUT2D eigenvalue weighted by Crippen LogP contribution is 2.63. The van der Waals surface area contributed by atoms with Gasteiger partial charge in [0.25, 0.3) is 11.8 Å². The van der Waals surface area contributed by atoms with Crippen molar-refractivity contribution in [3.8, 4) is 0 Å². The van der Waals surface area contributed by atoms with Gasteiger partial charge in [0.05, 0.1) is 12.2 Å². The van der Waals surface area contributed by atoms with Crippen molar-refractivity contribution in [2.75, 3.05) is 28.3 Å². The molecule has 0 radical (unpaired) electrons. The van der Waals surface area contributed by atoms with Crippen LogP contribution in [0.1, 0.15) is 120 Å². The summed E-state index contributed by atoms with van der Waals surface area (Å²) >= 11 is 0. The van der Waals surface area contributed by atoms with Crippen LogP contribution in [-0.4, -0.2) is 73.9 Å². The average Bonchev–Trinajstić information content (AvgIpc) is 3.74. The molecule has 0 saturated heterocycles. The largest absolute Gasteiger partial charge is 0.381 e. The predicted octanol–water partition coefficient (Wildman–Crippen LogP) is 8.04. The third kappa shape index (κ3) is 5.71. The van der Waals surface area contributed by atoms with Crippen molar-refractivity contribution in [1.82, 2.24) is 9.80 Å². The molecule has 9 heteroatoms. The summed E-state index contributed by atoms with van der Waals surface area (Å²) < 4.78 is 11.2. The molecule has 4 spiro atoms. The molecule has 2 atom stereocenters. The molecule has 8 rings (SSSR count). The number of methoxy groups -OCH3 is 2. The third-order valence-electron chi connectivity index (χ3n) is 13.7. The summed E-state index contributed by atoms with van der Waals surface area (Å²) in [6.07, 6.45) is 10.0. The molecule has 4 aliphatic carbocycles. The van der Waals surface area contributed by atoms with E-state index in [4.69, 9.17) is 25.2 Å². The number of amides is 2. The van der Waals surface area contributed by atoms with Gasteiger partial charge in [-0.2, -0.15) is 0 Å². The third-order valence-corrected chi connectivity index (χ3v) is 13.7. The zero-order chi connectivity index (χ0) is 37.4. The molecule has 6 aliphatic rings. The molecule has 2 aliphatic heterocycles. The number of likely N-dealkylation sites (N-methyl/N-ethyl adjacent to an activating group) is 2. The van der Waals surface area contributed by atoms with Crippen LogP contribution in [-0.2, 0) is 43.0 Å². The normalized spacial score (nSPS) is 31.8. The molecule has 2 aromatic rings. The summed E-state index contributed by atoms with van der Waals surface area (Å²) in [6.45, 7) is 14.1. The lowest BCUT2D eigenvalue weighted by molar-refractivity contribution is -0.138. The number of rotatable bonds is 4. The van der Waals surface area contributed by atoms with E-state index in [0.29, 0.717) is 12.1 Å². The van der Waals surface area contributed by atoms with E-state index in [0.717, 1.165) is 103 Å². The molecule has 2 unspecified atom stereocenters. The Labute approximate surface area is 323 Å². The Hall–Kier alpha value is -4.08. The summed E-state index contributed by atoms with van der Waals surface area (Å²) in [7, 11) is 7.14. The van der Waals surface area contributed by atoms with E-state index in [2.05, 4.69) is 49.6 Å². The number of benzene rings is 2. The Balaban J connectivity index is 0.000000200. The van der Waals surface area contributed by atoms with Gasteiger partial charge < -0.3 is 20.1 Å². The summed E-state index contributed by atoms with van der Waals surface area (Å²) in [5, 5.41) is 0. The molecule has 2 saturated carbocycles. The minimum atomic E-state index is -0.897. The molecular formula is C45H63N5O4. The number of hydrogen-bond donors (Lipinski definition) is 1. The topological polar surface area (TPSA) is 110 Å². The van der Waals surface area contributed by atoms with E-state index in [-0.39, 0.29) is 43.6 Å². The maximum absolute atomic E-state index is 13.6. The average molecular weight is 738 g/mol. The number of hydrogen-bond acceptors (Lipinski definition) is 7. The highest BCUT2D eigenvalue weighted by Gasteiger charge is 2.67. The zero-order valence-corrected chi connectivity index (χ0v) is 32.1. The molecule has 2 N–H and O–H groups in total. The SMILES string of the molecule is C.C.C=C(C)c1ccc2c(c1)C1(N=C(C)N(C)C1=O)C1(CCC(OC)CC1)C2.C=C(C)c1ccc2c(c1)C1(N=C(N)N(C)C1=O)C1(CCC(OC)CC1)C2. The van der Waals surface area contributed by atoms with Gasteiger partial charge in [-0.1, -0.05) is 63.4 Å². The number of amidine groups is 1. The van der Waals surface area contributed by atoms with Crippen LogP contribution in [0.4, 0.5) is 0 Å². The van der Waals surface area contributed by atoms with Crippen molar-refractivity contribution >= 4 is 34.8 Å². The van der Waals surface area contributed by atoms with Gasteiger partial charge in [-0.3, -0.25) is 19.5 Å². The lowest BCUT2D eigenvalue weighted by Crippen LogP contribution is -2.51. The van der Waals surface area contributed by atoms with Crippen LogP contribution in [0.5, 0.6) is 0 Å². The van der Waals surface area contributed by atoms with E-state index in [1.807, 2.05) is 27.8 Å². The van der Waals surface area contributed by atoms with Crippen molar-refractivity contribution in [3.63, 3.8) is 0 Å². The quantitative estimate of drug-likeness (QED) is 0.342. The highest BCUT2D eigenvalue weighted by atomic mass is 16.5. The van der Waals surface area contributed by atoms with Gasteiger partial charge in [0, 0.05) is 39.1 Å². The first-order valence-corrected chi connectivity index (χ1v) is 18.8. The summed E-state index contributed by atoms with van der Waals surface area (Å²) in [6, 6.07) is 12.9. The van der Waals surface area contributed by atoms with Crippen LogP contribution in [0.3, 0.4) is 0 Å². The minimum absolute atomic E-state index is 0. The number of fused-ring (bicyclic) bond motifs is 6. The molecule has 9 nitrogen and oxygen atoms in total. The van der Waals surface area contributed by atoms with Crippen LogP contribution in [0.15, 0.2) is 59.5 Å². The van der Waals surface area contributed by atoms with Crippen molar-refractivity contribution in [3.05, 3.63) is 82.9 Å².